The van der Waals surface area contributed by atoms with Gasteiger partial charge in [-0.1, -0.05) is 62.4 Å². The van der Waals surface area contributed by atoms with Gasteiger partial charge in [0.1, 0.15) is 6.04 Å². The van der Waals surface area contributed by atoms with Crippen LogP contribution in [-0.4, -0.2) is 56.6 Å². The fourth-order valence-corrected chi connectivity index (χ4v) is 4.73. The van der Waals surface area contributed by atoms with Crippen molar-refractivity contribution < 1.29 is 14.3 Å². The lowest BCUT2D eigenvalue weighted by atomic mass is 10.0. The molecule has 3 aromatic rings. The van der Waals surface area contributed by atoms with Crippen LogP contribution in [0, 0.1) is 5.92 Å². The number of hydrogen-bond acceptors (Lipinski definition) is 5. The number of nitrogens with zero attached hydrogens (tertiary/aromatic N) is 3. The molecular formula is C30H35N3O3. The van der Waals surface area contributed by atoms with E-state index >= 15 is 0 Å². The van der Waals surface area contributed by atoms with E-state index in [1.54, 1.807) is 0 Å². The fraction of sp³-hybridized carbons (Fsp3) is 0.333. The maximum absolute atomic E-state index is 13.2. The zero-order valence-corrected chi connectivity index (χ0v) is 21.3. The number of carbonyl (C=O) groups is 2. The number of benzene rings is 3. The Morgan fingerprint density at radius 1 is 0.833 bits per heavy atom. The van der Waals surface area contributed by atoms with E-state index < -0.39 is 6.04 Å². The summed E-state index contributed by atoms with van der Waals surface area (Å²) < 4.78 is 5.12. The van der Waals surface area contributed by atoms with Gasteiger partial charge in [0.25, 0.3) is 5.91 Å². The summed E-state index contributed by atoms with van der Waals surface area (Å²) in [6, 6.07) is 27.1. The largest absolute Gasteiger partial charge is 0.468 e. The van der Waals surface area contributed by atoms with Gasteiger partial charge in [0, 0.05) is 49.7 Å². The molecular weight excluding hydrogens is 450 g/mol. The third-order valence-electron chi connectivity index (χ3n) is 6.56. The minimum atomic E-state index is -0.394. The molecule has 6 nitrogen and oxygen atoms in total. The first-order valence-corrected chi connectivity index (χ1v) is 12.6. The zero-order valence-electron chi connectivity index (χ0n) is 21.3. The lowest BCUT2D eigenvalue weighted by Gasteiger charge is -2.39. The van der Waals surface area contributed by atoms with Crippen molar-refractivity contribution in [2.75, 3.05) is 49.6 Å². The SMILES string of the molecule is COC(=O)C(c1ccccc1)N1CCN(c2ccc(N(CC(C)C)C(=O)c3ccccc3)cc2)CC1. The minimum Gasteiger partial charge on any atom is -0.468 e. The normalized spacial score (nSPS) is 14.9. The van der Waals surface area contributed by atoms with Crippen LogP contribution in [0.4, 0.5) is 11.4 Å². The Hall–Kier alpha value is -3.64. The summed E-state index contributed by atoms with van der Waals surface area (Å²) >= 11 is 0. The van der Waals surface area contributed by atoms with Gasteiger partial charge in [-0.3, -0.25) is 9.69 Å². The average Bonchev–Trinajstić information content (AvgIpc) is 2.93. The summed E-state index contributed by atoms with van der Waals surface area (Å²) in [7, 11) is 1.45. The third kappa shape index (κ3) is 5.94. The number of esters is 1. The number of hydrogen-bond donors (Lipinski definition) is 0. The molecule has 1 fully saturated rings. The van der Waals surface area contributed by atoms with E-state index in [2.05, 4.69) is 35.8 Å². The van der Waals surface area contributed by atoms with Crippen LogP contribution < -0.4 is 9.80 Å². The second kappa shape index (κ2) is 11.9. The second-order valence-corrected chi connectivity index (χ2v) is 9.55. The van der Waals surface area contributed by atoms with E-state index in [-0.39, 0.29) is 11.9 Å². The van der Waals surface area contributed by atoms with Crippen molar-refractivity contribution in [3.05, 3.63) is 96.1 Å². The molecule has 6 heteroatoms. The molecule has 1 heterocycles. The van der Waals surface area contributed by atoms with Crippen molar-refractivity contribution in [2.45, 2.75) is 19.9 Å². The van der Waals surface area contributed by atoms with E-state index in [4.69, 9.17) is 4.74 Å². The molecule has 0 aromatic heterocycles. The van der Waals surface area contributed by atoms with E-state index in [1.807, 2.05) is 77.7 Å². The maximum atomic E-state index is 13.2. The number of ether oxygens (including phenoxy) is 1. The molecule has 3 aromatic carbocycles. The highest BCUT2D eigenvalue weighted by Crippen LogP contribution is 2.27. The summed E-state index contributed by atoms with van der Waals surface area (Å²) in [4.78, 5) is 32.2. The Bertz CT molecular complexity index is 1130. The molecule has 0 bridgehead atoms. The van der Waals surface area contributed by atoms with E-state index in [9.17, 15) is 9.59 Å². The van der Waals surface area contributed by atoms with Gasteiger partial charge >= 0.3 is 5.97 Å². The number of carbonyl (C=O) groups excluding carboxylic acids is 2. The average molecular weight is 486 g/mol. The first-order valence-electron chi connectivity index (χ1n) is 12.6. The standard InChI is InChI=1S/C30H35N3O3/c1-23(2)22-33(29(34)25-12-8-5-9-13-25)27-16-14-26(15-17-27)31-18-20-32(21-19-31)28(30(35)36-3)24-10-6-4-7-11-24/h4-17,23,28H,18-22H2,1-3H3. The molecule has 4 rings (SSSR count). The fourth-order valence-electron chi connectivity index (χ4n) is 4.73. The van der Waals surface area contributed by atoms with Crippen LogP contribution in [0.15, 0.2) is 84.9 Å². The van der Waals surface area contributed by atoms with Crippen LogP contribution in [0.2, 0.25) is 0 Å². The molecule has 0 saturated carbocycles. The first-order chi connectivity index (χ1) is 17.5. The van der Waals surface area contributed by atoms with Gasteiger partial charge < -0.3 is 14.5 Å². The number of methoxy groups -OCH3 is 1. The Labute approximate surface area is 214 Å². The van der Waals surface area contributed by atoms with Gasteiger partial charge in [-0.05, 0) is 47.9 Å². The minimum absolute atomic E-state index is 0.0143. The van der Waals surface area contributed by atoms with Gasteiger partial charge in [-0.25, -0.2) is 4.79 Å². The molecule has 1 aliphatic rings. The predicted molar refractivity (Wildman–Crippen MR) is 144 cm³/mol. The maximum Gasteiger partial charge on any atom is 0.327 e. The van der Waals surface area contributed by atoms with E-state index in [0.29, 0.717) is 18.0 Å². The Morgan fingerprint density at radius 3 is 1.97 bits per heavy atom. The van der Waals surface area contributed by atoms with Crippen LogP contribution in [0.3, 0.4) is 0 Å². The Balaban J connectivity index is 1.45. The summed E-state index contributed by atoms with van der Waals surface area (Å²) in [6.07, 6.45) is 0. The molecule has 0 radical (unpaired) electrons. The summed E-state index contributed by atoms with van der Waals surface area (Å²) in [5, 5.41) is 0. The van der Waals surface area contributed by atoms with Gasteiger partial charge in [-0.15, -0.1) is 0 Å². The molecule has 1 aliphatic heterocycles. The second-order valence-electron chi connectivity index (χ2n) is 9.55. The van der Waals surface area contributed by atoms with E-state index in [0.717, 1.165) is 43.1 Å². The smallest absolute Gasteiger partial charge is 0.327 e. The lowest BCUT2D eigenvalue weighted by Crippen LogP contribution is -2.49. The van der Waals surface area contributed by atoms with Gasteiger partial charge in [-0.2, -0.15) is 0 Å². The molecule has 0 aliphatic carbocycles. The predicted octanol–water partition coefficient (Wildman–Crippen LogP) is 5.03. The molecule has 1 amide bonds. The van der Waals surface area contributed by atoms with Crippen molar-refractivity contribution in [1.82, 2.24) is 4.90 Å². The zero-order chi connectivity index (χ0) is 25.5. The molecule has 0 spiro atoms. The molecule has 1 unspecified atom stereocenters. The molecule has 36 heavy (non-hydrogen) atoms. The molecule has 0 N–H and O–H groups in total. The highest BCUT2D eigenvalue weighted by molar-refractivity contribution is 6.06. The Morgan fingerprint density at radius 2 is 1.42 bits per heavy atom. The van der Waals surface area contributed by atoms with Gasteiger partial charge in [0.2, 0.25) is 0 Å². The van der Waals surface area contributed by atoms with Gasteiger partial charge in [0.15, 0.2) is 0 Å². The Kier molecular flexibility index (Phi) is 8.39. The summed E-state index contributed by atoms with van der Waals surface area (Å²) in [6.45, 7) is 8.01. The van der Waals surface area contributed by atoms with Crippen molar-refractivity contribution >= 4 is 23.3 Å². The van der Waals surface area contributed by atoms with Crippen molar-refractivity contribution in [1.29, 1.82) is 0 Å². The van der Waals surface area contributed by atoms with Gasteiger partial charge in [0.05, 0.1) is 7.11 Å². The van der Waals surface area contributed by atoms with E-state index in [1.165, 1.54) is 7.11 Å². The summed E-state index contributed by atoms with van der Waals surface area (Å²) in [5.41, 5.74) is 3.66. The monoisotopic (exact) mass is 485 g/mol. The quantitative estimate of drug-likeness (QED) is 0.419. The number of piperazine rings is 1. The topological polar surface area (TPSA) is 53.1 Å². The van der Waals surface area contributed by atoms with Crippen molar-refractivity contribution in [2.24, 2.45) is 5.92 Å². The molecule has 1 atom stereocenters. The highest BCUT2D eigenvalue weighted by Gasteiger charge is 2.31. The van der Waals surface area contributed by atoms with Crippen LogP contribution >= 0.6 is 0 Å². The van der Waals surface area contributed by atoms with Crippen molar-refractivity contribution in [3.63, 3.8) is 0 Å². The number of amides is 1. The molecule has 188 valence electrons. The number of rotatable bonds is 8. The third-order valence-corrected chi connectivity index (χ3v) is 6.56. The van der Waals surface area contributed by atoms with Crippen LogP contribution in [0.5, 0.6) is 0 Å². The highest BCUT2D eigenvalue weighted by atomic mass is 16.5. The first kappa shape index (κ1) is 25.5. The van der Waals surface area contributed by atoms with Crippen LogP contribution in [0.1, 0.15) is 35.8 Å². The lowest BCUT2D eigenvalue weighted by molar-refractivity contribution is -0.147. The van der Waals surface area contributed by atoms with Crippen LogP contribution in [-0.2, 0) is 9.53 Å². The number of anilines is 2. The van der Waals surface area contributed by atoms with Crippen molar-refractivity contribution in [3.8, 4) is 0 Å². The summed E-state index contributed by atoms with van der Waals surface area (Å²) in [5.74, 6) is 0.130. The van der Waals surface area contributed by atoms with Crippen LogP contribution in [0.25, 0.3) is 0 Å². The molecule has 1 saturated heterocycles.